The van der Waals surface area contributed by atoms with Crippen LogP contribution in [0, 0.1) is 5.82 Å². The Bertz CT molecular complexity index is 940. The summed E-state index contributed by atoms with van der Waals surface area (Å²) in [6, 6.07) is 17.6. The van der Waals surface area contributed by atoms with Crippen molar-refractivity contribution in [1.82, 2.24) is 9.88 Å². The zero-order valence-electron chi connectivity index (χ0n) is 14.9. The second-order valence-corrected chi connectivity index (χ2v) is 6.18. The predicted molar refractivity (Wildman–Crippen MR) is 101 cm³/mol. The van der Waals surface area contributed by atoms with Crippen molar-refractivity contribution in [2.75, 3.05) is 13.6 Å². The minimum absolute atomic E-state index is 0.239. The Kier molecular flexibility index (Phi) is 5.71. The van der Waals surface area contributed by atoms with Gasteiger partial charge in [0.1, 0.15) is 5.82 Å². The number of hydrogen-bond donors (Lipinski definition) is 0. The minimum Gasteiger partial charge on any atom is -0.341 e. The summed E-state index contributed by atoms with van der Waals surface area (Å²) >= 11 is 0. The van der Waals surface area contributed by atoms with E-state index in [4.69, 9.17) is 0 Å². The van der Waals surface area contributed by atoms with E-state index in [1.54, 1.807) is 42.4 Å². The maximum absolute atomic E-state index is 13.1. The molecule has 0 N–H and O–H groups in total. The highest BCUT2D eigenvalue weighted by Crippen LogP contribution is 2.17. The van der Waals surface area contributed by atoms with Gasteiger partial charge >= 0.3 is 0 Å². The largest absolute Gasteiger partial charge is 0.341 e. The molecule has 0 aliphatic heterocycles. The number of pyridine rings is 1. The third kappa shape index (κ3) is 4.44. The number of rotatable bonds is 6. The van der Waals surface area contributed by atoms with Crippen molar-refractivity contribution in [2.24, 2.45) is 0 Å². The zero-order chi connectivity index (χ0) is 19.2. The van der Waals surface area contributed by atoms with Crippen LogP contribution in [0.15, 0.2) is 72.9 Å². The molecule has 1 amide bonds. The standard InChI is InChI=1S/C22H19FN2O2/c1-25(15-13-18-6-4-5-14-24-18)22(27)20-8-3-2-7-19(20)21(26)16-9-11-17(23)12-10-16/h2-12,14H,13,15H2,1H3. The van der Waals surface area contributed by atoms with Crippen LogP contribution >= 0.6 is 0 Å². The molecular formula is C22H19FN2O2. The fraction of sp³-hybridized carbons (Fsp3) is 0.136. The number of amides is 1. The fourth-order valence-corrected chi connectivity index (χ4v) is 2.76. The Morgan fingerprint density at radius 2 is 1.59 bits per heavy atom. The van der Waals surface area contributed by atoms with Crippen molar-refractivity contribution in [3.8, 4) is 0 Å². The van der Waals surface area contributed by atoms with Gasteiger partial charge in [-0.05, 0) is 42.5 Å². The molecule has 3 aromatic rings. The molecule has 3 rings (SSSR count). The Hall–Kier alpha value is -3.34. The van der Waals surface area contributed by atoms with Crippen LogP contribution in [0.5, 0.6) is 0 Å². The van der Waals surface area contributed by atoms with E-state index in [-0.39, 0.29) is 11.7 Å². The molecule has 0 atom stereocenters. The van der Waals surface area contributed by atoms with Crippen LogP contribution in [0.2, 0.25) is 0 Å². The van der Waals surface area contributed by atoms with Crippen LogP contribution in [0.25, 0.3) is 0 Å². The van der Waals surface area contributed by atoms with E-state index in [2.05, 4.69) is 4.98 Å². The molecule has 0 bridgehead atoms. The van der Waals surface area contributed by atoms with Crippen molar-refractivity contribution in [3.63, 3.8) is 0 Å². The smallest absolute Gasteiger partial charge is 0.254 e. The van der Waals surface area contributed by atoms with Gasteiger partial charge in [0, 0.05) is 43.0 Å². The molecule has 4 nitrogen and oxygen atoms in total. The molecule has 0 unspecified atom stereocenters. The third-order valence-electron chi connectivity index (χ3n) is 4.28. The first-order valence-corrected chi connectivity index (χ1v) is 8.61. The Labute approximate surface area is 157 Å². The van der Waals surface area contributed by atoms with Gasteiger partial charge in [-0.2, -0.15) is 0 Å². The summed E-state index contributed by atoms with van der Waals surface area (Å²) in [5, 5.41) is 0. The lowest BCUT2D eigenvalue weighted by Crippen LogP contribution is -2.30. The number of likely N-dealkylation sites (N-methyl/N-ethyl adjacent to an activating group) is 1. The number of benzene rings is 2. The van der Waals surface area contributed by atoms with Gasteiger partial charge in [0.05, 0.1) is 5.56 Å². The van der Waals surface area contributed by atoms with Gasteiger partial charge in [0.2, 0.25) is 0 Å². The van der Waals surface area contributed by atoms with E-state index in [0.717, 1.165) is 5.69 Å². The summed E-state index contributed by atoms with van der Waals surface area (Å²) in [6.45, 7) is 0.481. The number of halogens is 1. The van der Waals surface area contributed by atoms with Gasteiger partial charge in [-0.1, -0.05) is 24.3 Å². The van der Waals surface area contributed by atoms with Crippen LogP contribution in [0.3, 0.4) is 0 Å². The molecule has 0 saturated heterocycles. The van der Waals surface area contributed by atoms with Crippen molar-refractivity contribution >= 4 is 11.7 Å². The van der Waals surface area contributed by atoms with E-state index < -0.39 is 5.82 Å². The summed E-state index contributed by atoms with van der Waals surface area (Å²) < 4.78 is 13.1. The second kappa shape index (κ2) is 8.36. The molecule has 0 fully saturated rings. The Balaban J connectivity index is 1.79. The summed E-state index contributed by atoms with van der Waals surface area (Å²) in [5.41, 5.74) is 1.87. The monoisotopic (exact) mass is 362 g/mol. The average Bonchev–Trinajstić information content (AvgIpc) is 2.72. The first-order chi connectivity index (χ1) is 13.1. The molecule has 0 aliphatic carbocycles. The number of carbonyl (C=O) groups excluding carboxylic acids is 2. The van der Waals surface area contributed by atoms with Gasteiger partial charge in [-0.3, -0.25) is 14.6 Å². The highest BCUT2D eigenvalue weighted by molar-refractivity contribution is 6.15. The highest BCUT2D eigenvalue weighted by Gasteiger charge is 2.20. The summed E-state index contributed by atoms with van der Waals surface area (Å²) in [7, 11) is 1.70. The van der Waals surface area contributed by atoms with Crippen LogP contribution in [0.1, 0.15) is 32.0 Å². The molecule has 136 valence electrons. The number of carbonyl (C=O) groups is 2. The van der Waals surface area contributed by atoms with E-state index in [0.29, 0.717) is 29.7 Å². The maximum Gasteiger partial charge on any atom is 0.254 e. The van der Waals surface area contributed by atoms with Gasteiger partial charge in [0.15, 0.2) is 5.78 Å². The SMILES string of the molecule is CN(CCc1ccccn1)C(=O)c1ccccc1C(=O)c1ccc(F)cc1. The van der Waals surface area contributed by atoms with Gasteiger partial charge in [0.25, 0.3) is 5.91 Å². The van der Waals surface area contributed by atoms with Crippen LogP contribution in [-0.2, 0) is 6.42 Å². The van der Waals surface area contributed by atoms with Crippen LogP contribution in [-0.4, -0.2) is 35.2 Å². The lowest BCUT2D eigenvalue weighted by molar-refractivity contribution is 0.0791. The van der Waals surface area contributed by atoms with Crippen molar-refractivity contribution in [2.45, 2.75) is 6.42 Å². The number of ketones is 1. The highest BCUT2D eigenvalue weighted by atomic mass is 19.1. The molecule has 5 heteroatoms. The number of hydrogen-bond acceptors (Lipinski definition) is 3. The number of nitrogens with zero attached hydrogens (tertiary/aromatic N) is 2. The maximum atomic E-state index is 13.1. The molecule has 2 aromatic carbocycles. The topological polar surface area (TPSA) is 50.3 Å². The molecule has 27 heavy (non-hydrogen) atoms. The van der Waals surface area contributed by atoms with E-state index in [9.17, 15) is 14.0 Å². The van der Waals surface area contributed by atoms with Crippen molar-refractivity contribution in [1.29, 1.82) is 0 Å². The number of aromatic nitrogens is 1. The first kappa shape index (κ1) is 18.5. The van der Waals surface area contributed by atoms with Gasteiger partial charge in [-0.25, -0.2) is 4.39 Å². The van der Waals surface area contributed by atoms with Crippen LogP contribution < -0.4 is 0 Å². The molecule has 1 heterocycles. The second-order valence-electron chi connectivity index (χ2n) is 6.18. The summed E-state index contributed by atoms with van der Waals surface area (Å²) in [6.07, 6.45) is 2.34. The molecule has 1 aromatic heterocycles. The molecular weight excluding hydrogens is 343 g/mol. The lowest BCUT2D eigenvalue weighted by atomic mass is 9.97. The third-order valence-corrected chi connectivity index (χ3v) is 4.28. The van der Waals surface area contributed by atoms with Crippen molar-refractivity contribution < 1.29 is 14.0 Å². The van der Waals surface area contributed by atoms with Crippen LogP contribution in [0.4, 0.5) is 4.39 Å². The average molecular weight is 362 g/mol. The molecule has 0 spiro atoms. The van der Waals surface area contributed by atoms with Crippen molar-refractivity contribution in [3.05, 3.63) is 101 Å². The van der Waals surface area contributed by atoms with E-state index in [1.807, 2.05) is 18.2 Å². The quantitative estimate of drug-likeness (QED) is 0.627. The molecule has 0 saturated carbocycles. The molecule has 0 aliphatic rings. The lowest BCUT2D eigenvalue weighted by Gasteiger charge is -2.18. The first-order valence-electron chi connectivity index (χ1n) is 8.61. The normalized spacial score (nSPS) is 10.4. The van der Waals surface area contributed by atoms with Gasteiger partial charge in [-0.15, -0.1) is 0 Å². The summed E-state index contributed by atoms with van der Waals surface area (Å²) in [5.74, 6) is -0.959. The Morgan fingerprint density at radius 1 is 0.926 bits per heavy atom. The minimum atomic E-state index is -0.412. The Morgan fingerprint density at radius 3 is 2.26 bits per heavy atom. The van der Waals surface area contributed by atoms with E-state index in [1.165, 1.54) is 24.3 Å². The zero-order valence-corrected chi connectivity index (χ0v) is 14.9. The fourth-order valence-electron chi connectivity index (χ4n) is 2.76. The van der Waals surface area contributed by atoms with E-state index >= 15 is 0 Å². The summed E-state index contributed by atoms with van der Waals surface area (Å²) in [4.78, 5) is 31.5. The predicted octanol–water partition coefficient (Wildman–Crippen LogP) is 3.77. The van der Waals surface area contributed by atoms with Gasteiger partial charge < -0.3 is 4.90 Å². The molecule has 0 radical (unpaired) electrons.